The van der Waals surface area contributed by atoms with Crippen molar-refractivity contribution in [2.75, 3.05) is 4.90 Å². The van der Waals surface area contributed by atoms with Gasteiger partial charge in [-0.1, -0.05) is 72.8 Å². The summed E-state index contributed by atoms with van der Waals surface area (Å²) in [5.74, 6) is -1.38. The van der Waals surface area contributed by atoms with Crippen LogP contribution in [-0.2, 0) is 17.5 Å². The van der Waals surface area contributed by atoms with Crippen molar-refractivity contribution >= 4 is 28.7 Å². The molecule has 0 unspecified atom stereocenters. The summed E-state index contributed by atoms with van der Waals surface area (Å²) in [6.45, 7) is 0.134. The van der Waals surface area contributed by atoms with Gasteiger partial charge in [-0.2, -0.15) is 13.2 Å². The quantitative estimate of drug-likeness (QED) is 0.304. The fourth-order valence-electron chi connectivity index (χ4n) is 4.55. The molecule has 0 spiro atoms. The molecule has 0 saturated carbocycles. The maximum absolute atomic E-state index is 14.0. The number of carbonyl (C=O) groups excluding carboxylic acids is 1. The molecule has 0 aromatic heterocycles. The van der Waals surface area contributed by atoms with E-state index in [0.717, 1.165) is 12.1 Å². The summed E-state index contributed by atoms with van der Waals surface area (Å²) in [5, 5.41) is 9.36. The van der Waals surface area contributed by atoms with Crippen molar-refractivity contribution in [3.63, 3.8) is 0 Å². The van der Waals surface area contributed by atoms with Gasteiger partial charge in [0, 0.05) is 11.1 Å². The molecular weight excluding hydrogens is 479 g/mol. The van der Waals surface area contributed by atoms with E-state index in [1.165, 1.54) is 24.3 Å². The Morgan fingerprint density at radius 2 is 1.38 bits per heavy atom. The van der Waals surface area contributed by atoms with Crippen LogP contribution in [-0.4, -0.2) is 17.0 Å². The summed E-state index contributed by atoms with van der Waals surface area (Å²) in [7, 11) is 0. The Labute approximate surface area is 210 Å². The molecule has 37 heavy (non-hydrogen) atoms. The fourth-order valence-corrected chi connectivity index (χ4v) is 4.55. The Hall–Kier alpha value is -4.65. The number of para-hydroxylation sites is 1. The summed E-state index contributed by atoms with van der Waals surface area (Å²) in [5.41, 5.74) is 3.34. The van der Waals surface area contributed by atoms with Gasteiger partial charge in [-0.15, -0.1) is 0 Å². The molecule has 1 heterocycles. The number of alkyl halides is 3. The molecule has 5 rings (SSSR count). The maximum atomic E-state index is 14.0. The van der Waals surface area contributed by atoms with E-state index in [2.05, 4.69) is 0 Å². The Bertz CT molecular complexity index is 1520. The predicted molar refractivity (Wildman–Crippen MR) is 135 cm³/mol. The zero-order chi connectivity index (χ0) is 26.2. The summed E-state index contributed by atoms with van der Waals surface area (Å²) < 4.78 is 39.7. The van der Waals surface area contributed by atoms with Gasteiger partial charge in [-0.3, -0.25) is 4.79 Å². The smallest absolute Gasteiger partial charge is 0.416 e. The molecule has 0 bridgehead atoms. The predicted octanol–water partition coefficient (Wildman–Crippen LogP) is 6.91. The van der Waals surface area contributed by atoms with E-state index >= 15 is 0 Å². The van der Waals surface area contributed by atoms with E-state index in [1.54, 1.807) is 47.4 Å². The lowest BCUT2D eigenvalue weighted by molar-refractivity contribution is -0.137. The Morgan fingerprint density at radius 3 is 2.05 bits per heavy atom. The van der Waals surface area contributed by atoms with E-state index in [0.29, 0.717) is 39.1 Å². The van der Waals surface area contributed by atoms with Crippen LogP contribution in [0.1, 0.15) is 38.2 Å². The highest BCUT2D eigenvalue weighted by Crippen LogP contribution is 2.44. The summed E-state index contributed by atoms with van der Waals surface area (Å²) in [4.78, 5) is 27.0. The zero-order valence-electron chi connectivity index (χ0n) is 19.4. The first kappa shape index (κ1) is 24.1. The fraction of sp³-hybridized carbons (Fsp3) is 0.0667. The molecule has 1 aliphatic rings. The highest BCUT2D eigenvalue weighted by atomic mass is 19.4. The van der Waals surface area contributed by atoms with E-state index in [9.17, 15) is 27.9 Å². The number of anilines is 1. The number of nitrogens with zero attached hydrogens (tertiary/aromatic N) is 1. The minimum Gasteiger partial charge on any atom is -0.478 e. The van der Waals surface area contributed by atoms with Crippen LogP contribution in [0.15, 0.2) is 103 Å². The van der Waals surface area contributed by atoms with E-state index in [1.807, 2.05) is 24.3 Å². The van der Waals surface area contributed by atoms with Crippen LogP contribution in [0.3, 0.4) is 0 Å². The number of hydrogen-bond donors (Lipinski definition) is 1. The number of amides is 1. The molecule has 0 aliphatic carbocycles. The Morgan fingerprint density at radius 1 is 0.757 bits per heavy atom. The van der Waals surface area contributed by atoms with Gasteiger partial charge in [-0.25, -0.2) is 4.79 Å². The summed E-state index contributed by atoms with van der Waals surface area (Å²) in [6.07, 6.45) is -4.48. The number of hydrogen-bond acceptors (Lipinski definition) is 2. The Balaban J connectivity index is 1.68. The van der Waals surface area contributed by atoms with E-state index < -0.39 is 17.7 Å². The lowest BCUT2D eigenvalue weighted by Gasteiger charge is -2.18. The summed E-state index contributed by atoms with van der Waals surface area (Å²) >= 11 is 0. The molecular formula is C30H20F3NO3. The third kappa shape index (κ3) is 4.63. The molecule has 0 saturated heterocycles. The van der Waals surface area contributed by atoms with Crippen LogP contribution in [0.5, 0.6) is 0 Å². The average Bonchev–Trinajstić information content (AvgIpc) is 3.16. The van der Waals surface area contributed by atoms with Gasteiger partial charge < -0.3 is 10.0 Å². The third-order valence-corrected chi connectivity index (χ3v) is 6.25. The van der Waals surface area contributed by atoms with Gasteiger partial charge in [0.25, 0.3) is 5.91 Å². The number of rotatable bonds is 5. The molecule has 0 fully saturated rings. The van der Waals surface area contributed by atoms with Crippen LogP contribution < -0.4 is 4.90 Å². The first-order chi connectivity index (χ1) is 17.7. The topological polar surface area (TPSA) is 57.6 Å². The molecule has 4 aromatic rings. The highest BCUT2D eigenvalue weighted by molar-refractivity contribution is 6.38. The van der Waals surface area contributed by atoms with Crippen molar-refractivity contribution < 1.29 is 27.9 Å². The van der Waals surface area contributed by atoms with Gasteiger partial charge >= 0.3 is 12.1 Å². The van der Waals surface area contributed by atoms with Crippen molar-refractivity contribution in [3.05, 3.63) is 137 Å². The number of aromatic carboxylic acids is 1. The van der Waals surface area contributed by atoms with Crippen LogP contribution in [0.25, 0.3) is 11.1 Å². The lowest BCUT2D eigenvalue weighted by atomic mass is 9.89. The maximum Gasteiger partial charge on any atom is 0.416 e. The first-order valence-corrected chi connectivity index (χ1v) is 11.4. The largest absolute Gasteiger partial charge is 0.478 e. The van der Waals surface area contributed by atoms with Crippen molar-refractivity contribution in [2.45, 2.75) is 12.7 Å². The van der Waals surface area contributed by atoms with Gasteiger partial charge in [0.2, 0.25) is 0 Å². The molecule has 0 atom stereocenters. The van der Waals surface area contributed by atoms with Crippen molar-refractivity contribution in [1.82, 2.24) is 0 Å². The second kappa shape index (κ2) is 9.43. The van der Waals surface area contributed by atoms with Crippen LogP contribution in [0.2, 0.25) is 0 Å². The minimum atomic E-state index is -4.48. The second-order valence-electron chi connectivity index (χ2n) is 8.61. The molecule has 184 valence electrons. The monoisotopic (exact) mass is 499 g/mol. The van der Waals surface area contributed by atoms with E-state index in [4.69, 9.17) is 0 Å². The number of carbonyl (C=O) groups is 2. The SMILES string of the molecule is O=C(O)c1cccc(CN2C(=O)C(=C(c3ccccc3)c3ccc(C(F)(F)F)cc3)c3ccccc32)c1. The molecule has 0 radical (unpaired) electrons. The van der Waals surface area contributed by atoms with Crippen LogP contribution in [0, 0.1) is 0 Å². The third-order valence-electron chi connectivity index (χ3n) is 6.25. The highest BCUT2D eigenvalue weighted by Gasteiger charge is 2.36. The van der Waals surface area contributed by atoms with Crippen LogP contribution >= 0.6 is 0 Å². The molecule has 7 heteroatoms. The molecule has 1 N–H and O–H groups in total. The number of halogens is 3. The van der Waals surface area contributed by atoms with Crippen LogP contribution in [0.4, 0.5) is 18.9 Å². The first-order valence-electron chi connectivity index (χ1n) is 11.4. The van der Waals surface area contributed by atoms with Gasteiger partial charge in [0.05, 0.1) is 28.9 Å². The average molecular weight is 499 g/mol. The van der Waals surface area contributed by atoms with Gasteiger partial charge in [0.15, 0.2) is 0 Å². The van der Waals surface area contributed by atoms with Gasteiger partial charge in [-0.05, 0) is 47.0 Å². The molecule has 4 nitrogen and oxygen atoms in total. The van der Waals surface area contributed by atoms with Gasteiger partial charge in [0.1, 0.15) is 0 Å². The normalized spacial score (nSPS) is 14.5. The van der Waals surface area contributed by atoms with Crippen molar-refractivity contribution in [2.24, 2.45) is 0 Å². The Kier molecular flexibility index (Phi) is 6.13. The number of carboxylic acid groups (broad SMARTS) is 1. The van der Waals surface area contributed by atoms with E-state index in [-0.39, 0.29) is 18.0 Å². The second-order valence-corrected chi connectivity index (χ2v) is 8.61. The van der Waals surface area contributed by atoms with Crippen molar-refractivity contribution in [3.8, 4) is 0 Å². The number of benzene rings is 4. The number of carboxylic acids is 1. The summed E-state index contributed by atoms with van der Waals surface area (Å²) in [6, 6.07) is 27.4. The zero-order valence-corrected chi connectivity index (χ0v) is 19.4. The minimum absolute atomic E-state index is 0.114. The molecule has 1 amide bonds. The molecule has 4 aromatic carbocycles. The van der Waals surface area contributed by atoms with Crippen molar-refractivity contribution in [1.29, 1.82) is 0 Å². The number of fused-ring (bicyclic) bond motifs is 1. The molecule has 1 aliphatic heterocycles. The standard InChI is InChI=1S/C30H20F3NO3/c31-30(32,33)23-15-13-21(14-16-23)26(20-8-2-1-3-9-20)27-24-11-4-5-12-25(24)34(28(27)35)18-19-7-6-10-22(17-19)29(36)37/h1-17H,18H2,(H,36,37). The lowest BCUT2D eigenvalue weighted by Crippen LogP contribution is -2.26.